The van der Waals surface area contributed by atoms with Gasteiger partial charge in [0, 0.05) is 35.6 Å². The zero-order chi connectivity index (χ0) is 22.9. The molecule has 8 nitrogen and oxygen atoms in total. The average Bonchev–Trinajstić information content (AvgIpc) is 3.24. The Morgan fingerprint density at radius 1 is 1.24 bits per heavy atom. The third-order valence-corrected chi connectivity index (χ3v) is 6.01. The van der Waals surface area contributed by atoms with E-state index in [9.17, 15) is 0 Å². The first-order valence-corrected chi connectivity index (χ1v) is 11.0. The molecule has 1 aliphatic heterocycles. The standard InChI is InChI=1S/C24H24ClN7O/c1-14-9-15(6-7-27-14)16-10-22(33-2)20(11-19(16)26)30-24-28-13-18(25)23(31-24)17-12-29-32-8-4-3-5-21(17)32/h3-6,8,10-14,27H,7,9,26H2,1-2H3,(H,28,30,31). The number of nitrogens with zero attached hydrogens (tertiary/aromatic N) is 4. The van der Waals surface area contributed by atoms with Crippen molar-refractivity contribution in [3.05, 3.63) is 65.6 Å². The summed E-state index contributed by atoms with van der Waals surface area (Å²) in [7, 11) is 1.63. The second kappa shape index (κ2) is 8.73. The number of pyridine rings is 1. The summed E-state index contributed by atoms with van der Waals surface area (Å²) in [5.74, 6) is 1.03. The molecule has 9 heteroatoms. The van der Waals surface area contributed by atoms with E-state index in [1.165, 1.54) is 5.57 Å². The fraction of sp³-hybridized carbons (Fsp3) is 0.208. The van der Waals surface area contributed by atoms with Gasteiger partial charge in [-0.3, -0.25) is 0 Å². The van der Waals surface area contributed by atoms with Crippen LogP contribution >= 0.6 is 11.6 Å². The molecule has 1 unspecified atom stereocenters. The number of nitrogens with two attached hydrogens (primary N) is 1. The summed E-state index contributed by atoms with van der Waals surface area (Å²) in [4.78, 5) is 9.02. The van der Waals surface area contributed by atoms with E-state index < -0.39 is 0 Å². The third-order valence-electron chi connectivity index (χ3n) is 5.73. The first-order valence-electron chi connectivity index (χ1n) is 10.7. The molecule has 3 aromatic heterocycles. The van der Waals surface area contributed by atoms with Gasteiger partial charge in [0.05, 0.1) is 41.4 Å². The number of halogens is 1. The summed E-state index contributed by atoms with van der Waals surface area (Å²) in [6, 6.07) is 10.0. The van der Waals surface area contributed by atoms with E-state index in [0.717, 1.165) is 29.6 Å². The van der Waals surface area contributed by atoms with Gasteiger partial charge in [-0.15, -0.1) is 0 Å². The van der Waals surface area contributed by atoms with Crippen molar-refractivity contribution < 1.29 is 4.74 Å². The molecule has 0 spiro atoms. The molecule has 4 aromatic rings. The lowest BCUT2D eigenvalue weighted by atomic mass is 9.94. The number of hydrogen-bond donors (Lipinski definition) is 3. The Hall–Kier alpha value is -3.62. The van der Waals surface area contributed by atoms with Gasteiger partial charge in [0.25, 0.3) is 0 Å². The van der Waals surface area contributed by atoms with Crippen LogP contribution in [0.3, 0.4) is 0 Å². The summed E-state index contributed by atoms with van der Waals surface area (Å²) in [5, 5.41) is 11.5. The Morgan fingerprint density at radius 2 is 2.12 bits per heavy atom. The van der Waals surface area contributed by atoms with Gasteiger partial charge in [-0.1, -0.05) is 23.7 Å². The number of nitrogens with one attached hydrogen (secondary N) is 2. The first kappa shape index (κ1) is 21.2. The fourth-order valence-corrected chi connectivity index (χ4v) is 4.28. The Kier molecular flexibility index (Phi) is 5.62. The smallest absolute Gasteiger partial charge is 0.227 e. The highest BCUT2D eigenvalue weighted by Crippen LogP contribution is 2.37. The highest BCUT2D eigenvalue weighted by atomic mass is 35.5. The van der Waals surface area contributed by atoms with Gasteiger partial charge >= 0.3 is 0 Å². The Balaban J connectivity index is 1.50. The van der Waals surface area contributed by atoms with Crippen molar-refractivity contribution in [2.24, 2.45) is 0 Å². The van der Waals surface area contributed by atoms with Crippen LogP contribution in [0, 0.1) is 0 Å². The van der Waals surface area contributed by atoms with E-state index in [-0.39, 0.29) is 0 Å². The minimum absolute atomic E-state index is 0.379. The van der Waals surface area contributed by atoms with E-state index in [1.54, 1.807) is 24.0 Å². The monoisotopic (exact) mass is 461 g/mol. The predicted molar refractivity (Wildman–Crippen MR) is 132 cm³/mol. The molecule has 0 bridgehead atoms. The summed E-state index contributed by atoms with van der Waals surface area (Å²) in [6.07, 6.45) is 8.27. The van der Waals surface area contributed by atoms with Gasteiger partial charge in [-0.05, 0) is 43.2 Å². The maximum Gasteiger partial charge on any atom is 0.227 e. The maximum absolute atomic E-state index is 6.45. The minimum atomic E-state index is 0.379. The molecule has 1 atom stereocenters. The van der Waals surface area contributed by atoms with Crippen LogP contribution in [0.25, 0.3) is 22.3 Å². The Morgan fingerprint density at radius 3 is 2.94 bits per heavy atom. The van der Waals surface area contributed by atoms with Crippen LogP contribution < -0.4 is 21.1 Å². The number of hydrogen-bond acceptors (Lipinski definition) is 7. The van der Waals surface area contributed by atoms with Crippen LogP contribution in [0.5, 0.6) is 5.75 Å². The zero-order valence-electron chi connectivity index (χ0n) is 18.3. The van der Waals surface area contributed by atoms with Crippen LogP contribution in [-0.4, -0.2) is 39.3 Å². The van der Waals surface area contributed by atoms with Crippen LogP contribution in [0.1, 0.15) is 18.9 Å². The lowest BCUT2D eigenvalue weighted by Gasteiger charge is -2.23. The minimum Gasteiger partial charge on any atom is -0.495 e. The van der Waals surface area contributed by atoms with Crippen LogP contribution in [0.15, 0.2) is 55.0 Å². The SMILES string of the molecule is COc1cc(C2=CCNC(C)C2)c(N)cc1Nc1ncc(Cl)c(-c2cnn3ccccc23)n1. The summed E-state index contributed by atoms with van der Waals surface area (Å²) in [6.45, 7) is 2.99. The molecule has 4 heterocycles. The number of aromatic nitrogens is 4. The largest absolute Gasteiger partial charge is 0.495 e. The van der Waals surface area contributed by atoms with Crippen molar-refractivity contribution in [2.45, 2.75) is 19.4 Å². The molecule has 0 aliphatic carbocycles. The third kappa shape index (κ3) is 4.10. The Bertz CT molecular complexity index is 1360. The quantitative estimate of drug-likeness (QED) is 0.375. The summed E-state index contributed by atoms with van der Waals surface area (Å²) >= 11 is 6.45. The molecule has 0 amide bonds. The molecule has 1 aliphatic rings. The van der Waals surface area contributed by atoms with Crippen LogP contribution in [-0.2, 0) is 0 Å². The normalized spacial score (nSPS) is 16.0. The molecule has 1 aromatic carbocycles. The number of benzene rings is 1. The van der Waals surface area contributed by atoms with Crippen molar-refractivity contribution in [2.75, 3.05) is 24.7 Å². The molecule has 5 rings (SSSR count). The van der Waals surface area contributed by atoms with Crippen molar-refractivity contribution in [1.29, 1.82) is 0 Å². The number of fused-ring (bicyclic) bond motifs is 1. The summed E-state index contributed by atoms with van der Waals surface area (Å²) < 4.78 is 7.44. The molecule has 4 N–H and O–H groups in total. The molecular weight excluding hydrogens is 438 g/mol. The fourth-order valence-electron chi connectivity index (χ4n) is 4.08. The van der Waals surface area contributed by atoms with Gasteiger partial charge in [-0.25, -0.2) is 14.5 Å². The molecule has 0 radical (unpaired) electrons. The molecule has 0 fully saturated rings. The topological polar surface area (TPSA) is 102 Å². The molecule has 33 heavy (non-hydrogen) atoms. The number of rotatable bonds is 5. The Labute approximate surface area is 196 Å². The van der Waals surface area contributed by atoms with Gasteiger partial charge in [0.2, 0.25) is 5.95 Å². The van der Waals surface area contributed by atoms with E-state index in [4.69, 9.17) is 22.1 Å². The second-order valence-electron chi connectivity index (χ2n) is 7.99. The average molecular weight is 462 g/mol. The molecular formula is C24H24ClN7O. The van der Waals surface area contributed by atoms with Crippen molar-refractivity contribution in [3.63, 3.8) is 0 Å². The number of anilines is 3. The maximum atomic E-state index is 6.45. The number of ether oxygens (including phenoxy) is 1. The van der Waals surface area contributed by atoms with Crippen molar-refractivity contribution in [3.8, 4) is 17.0 Å². The molecule has 0 saturated carbocycles. The van der Waals surface area contributed by atoms with Crippen LogP contribution in [0.4, 0.5) is 17.3 Å². The highest BCUT2D eigenvalue weighted by molar-refractivity contribution is 6.33. The van der Waals surface area contributed by atoms with Gasteiger partial charge in [0.15, 0.2) is 0 Å². The second-order valence-corrected chi connectivity index (χ2v) is 8.39. The van der Waals surface area contributed by atoms with E-state index in [2.05, 4.69) is 38.7 Å². The highest BCUT2D eigenvalue weighted by Gasteiger charge is 2.18. The van der Waals surface area contributed by atoms with Crippen LogP contribution in [0.2, 0.25) is 5.02 Å². The van der Waals surface area contributed by atoms with Gasteiger partial charge in [0.1, 0.15) is 5.75 Å². The van der Waals surface area contributed by atoms with Gasteiger partial charge in [-0.2, -0.15) is 5.10 Å². The molecule has 168 valence electrons. The lowest BCUT2D eigenvalue weighted by Crippen LogP contribution is -2.30. The van der Waals surface area contributed by atoms with Crippen molar-refractivity contribution in [1.82, 2.24) is 24.9 Å². The van der Waals surface area contributed by atoms with E-state index in [1.807, 2.05) is 36.5 Å². The lowest BCUT2D eigenvalue weighted by molar-refractivity contribution is 0.416. The van der Waals surface area contributed by atoms with Gasteiger partial charge < -0.3 is 21.1 Å². The molecule has 0 saturated heterocycles. The first-order chi connectivity index (χ1) is 16.0. The number of nitrogen functional groups attached to an aromatic ring is 1. The van der Waals surface area contributed by atoms with E-state index >= 15 is 0 Å². The van der Waals surface area contributed by atoms with E-state index in [0.29, 0.717) is 39.8 Å². The zero-order valence-corrected chi connectivity index (χ0v) is 19.1. The summed E-state index contributed by atoms with van der Waals surface area (Å²) in [5.41, 5.74) is 12.3. The van der Waals surface area contributed by atoms with Crippen molar-refractivity contribution >= 4 is 40.0 Å². The number of methoxy groups -OCH3 is 1. The predicted octanol–water partition coefficient (Wildman–Crippen LogP) is 4.54.